The Morgan fingerprint density at radius 3 is 2.43 bits per heavy atom. The van der Waals surface area contributed by atoms with Crippen LogP contribution in [0.25, 0.3) is 0 Å². The van der Waals surface area contributed by atoms with Crippen LogP contribution in [0.2, 0.25) is 0 Å². The molecule has 1 aliphatic carbocycles. The highest BCUT2D eigenvalue weighted by Gasteiger charge is 2.39. The summed E-state index contributed by atoms with van der Waals surface area (Å²) in [4.78, 5) is 29.7. The third-order valence-electron chi connectivity index (χ3n) is 6.73. The van der Waals surface area contributed by atoms with Crippen LogP contribution in [0.5, 0.6) is 0 Å². The van der Waals surface area contributed by atoms with E-state index in [-0.39, 0.29) is 17.7 Å². The molecule has 1 atom stereocenters. The number of carbonyl (C=O) groups excluding carboxylic acids is 2. The Morgan fingerprint density at radius 1 is 1.00 bits per heavy atom. The second kappa shape index (κ2) is 9.08. The fourth-order valence-electron chi connectivity index (χ4n) is 5.06. The minimum atomic E-state index is -0.156. The van der Waals surface area contributed by atoms with Gasteiger partial charge < -0.3 is 10.2 Å². The largest absolute Gasteiger partial charge is 0.353 e. The summed E-state index contributed by atoms with van der Waals surface area (Å²) in [6.07, 6.45) is 8.30. The lowest BCUT2D eigenvalue weighted by Gasteiger charge is -2.37. The van der Waals surface area contributed by atoms with Crippen LogP contribution in [-0.2, 0) is 16.1 Å². The second-order valence-corrected chi connectivity index (χ2v) is 8.78. The quantitative estimate of drug-likeness (QED) is 0.851. The number of benzene rings is 1. The summed E-state index contributed by atoms with van der Waals surface area (Å²) < 4.78 is 0. The normalized spacial score (nSPS) is 25.2. The summed E-state index contributed by atoms with van der Waals surface area (Å²) in [5.41, 5.74) is 1.35. The van der Waals surface area contributed by atoms with Gasteiger partial charge in [-0.15, -0.1) is 0 Å². The highest BCUT2D eigenvalue weighted by molar-refractivity contribution is 5.89. The van der Waals surface area contributed by atoms with Crippen molar-refractivity contribution >= 4 is 11.8 Å². The summed E-state index contributed by atoms with van der Waals surface area (Å²) in [7, 11) is 0. The van der Waals surface area contributed by atoms with E-state index in [1.165, 1.54) is 24.8 Å². The summed E-state index contributed by atoms with van der Waals surface area (Å²) in [5.74, 6) is 0.117. The van der Waals surface area contributed by atoms with Gasteiger partial charge in [-0.3, -0.25) is 14.5 Å². The molecule has 5 heteroatoms. The van der Waals surface area contributed by atoms with Crippen molar-refractivity contribution in [2.75, 3.05) is 19.6 Å². The molecule has 28 heavy (non-hydrogen) atoms. The van der Waals surface area contributed by atoms with Gasteiger partial charge in [0.1, 0.15) is 0 Å². The molecule has 3 aliphatic rings. The van der Waals surface area contributed by atoms with Gasteiger partial charge in [0.25, 0.3) is 0 Å². The third kappa shape index (κ3) is 4.75. The van der Waals surface area contributed by atoms with Crippen molar-refractivity contribution in [3.63, 3.8) is 0 Å². The van der Waals surface area contributed by atoms with E-state index in [2.05, 4.69) is 40.5 Å². The zero-order valence-electron chi connectivity index (χ0n) is 16.8. The van der Waals surface area contributed by atoms with Crippen molar-refractivity contribution in [2.24, 2.45) is 5.92 Å². The van der Waals surface area contributed by atoms with Gasteiger partial charge >= 0.3 is 0 Å². The van der Waals surface area contributed by atoms with E-state index in [0.717, 1.165) is 45.3 Å². The lowest BCUT2D eigenvalue weighted by atomic mass is 9.95. The molecule has 1 aromatic carbocycles. The predicted octanol–water partition coefficient (Wildman–Crippen LogP) is 2.95. The van der Waals surface area contributed by atoms with E-state index in [9.17, 15) is 9.59 Å². The molecule has 4 rings (SSSR count). The Bertz CT molecular complexity index is 664. The summed E-state index contributed by atoms with van der Waals surface area (Å²) >= 11 is 0. The fourth-order valence-corrected chi connectivity index (χ4v) is 5.06. The lowest BCUT2D eigenvalue weighted by molar-refractivity contribution is -0.131. The van der Waals surface area contributed by atoms with E-state index < -0.39 is 0 Å². The standard InChI is InChI=1S/C23H33N3O2/c27-22-15-19(23(28)24-20-9-5-2-6-10-20)17-26(22)21-11-13-25(14-12-21)16-18-7-3-1-4-8-18/h1,3-4,7-8,19-21H,2,5-6,9-17H2,(H,24,28)/t19-/m0/s1. The molecular weight excluding hydrogens is 350 g/mol. The van der Waals surface area contributed by atoms with Crippen molar-refractivity contribution in [3.8, 4) is 0 Å². The Morgan fingerprint density at radius 2 is 1.71 bits per heavy atom. The molecule has 0 bridgehead atoms. The van der Waals surface area contributed by atoms with Crippen LogP contribution < -0.4 is 5.32 Å². The number of hydrogen-bond donors (Lipinski definition) is 1. The third-order valence-corrected chi connectivity index (χ3v) is 6.73. The van der Waals surface area contributed by atoms with Crippen molar-refractivity contribution < 1.29 is 9.59 Å². The van der Waals surface area contributed by atoms with Crippen LogP contribution in [0, 0.1) is 5.92 Å². The Balaban J connectivity index is 1.25. The smallest absolute Gasteiger partial charge is 0.225 e. The van der Waals surface area contributed by atoms with Gasteiger partial charge in [0.05, 0.1) is 5.92 Å². The highest BCUT2D eigenvalue weighted by atomic mass is 16.2. The van der Waals surface area contributed by atoms with E-state index in [4.69, 9.17) is 0 Å². The maximum Gasteiger partial charge on any atom is 0.225 e. The van der Waals surface area contributed by atoms with Crippen molar-refractivity contribution in [2.45, 2.75) is 70.0 Å². The van der Waals surface area contributed by atoms with Crippen LogP contribution in [0.4, 0.5) is 0 Å². The molecule has 1 aromatic rings. The lowest BCUT2D eigenvalue weighted by Crippen LogP contribution is -2.46. The van der Waals surface area contributed by atoms with E-state index >= 15 is 0 Å². The molecule has 0 aromatic heterocycles. The number of carbonyl (C=O) groups is 2. The Kier molecular flexibility index (Phi) is 6.30. The van der Waals surface area contributed by atoms with Crippen LogP contribution in [0.3, 0.4) is 0 Å². The minimum Gasteiger partial charge on any atom is -0.353 e. The number of hydrogen-bond acceptors (Lipinski definition) is 3. The average molecular weight is 384 g/mol. The Labute approximate surface area is 168 Å². The van der Waals surface area contributed by atoms with Crippen LogP contribution in [0.15, 0.2) is 30.3 Å². The molecule has 5 nitrogen and oxygen atoms in total. The fraction of sp³-hybridized carbons (Fsp3) is 0.652. The zero-order valence-corrected chi connectivity index (χ0v) is 16.8. The van der Waals surface area contributed by atoms with E-state index in [0.29, 0.717) is 25.0 Å². The number of amides is 2. The SMILES string of the molecule is O=C(NC1CCCCC1)[C@H]1CC(=O)N(C2CCN(Cc3ccccc3)CC2)C1. The molecule has 2 amide bonds. The summed E-state index contributed by atoms with van der Waals surface area (Å²) in [6, 6.07) is 11.2. The molecule has 2 saturated heterocycles. The van der Waals surface area contributed by atoms with E-state index in [1.807, 2.05) is 4.90 Å². The number of likely N-dealkylation sites (tertiary alicyclic amines) is 2. The zero-order chi connectivity index (χ0) is 19.3. The van der Waals surface area contributed by atoms with Gasteiger partial charge in [-0.2, -0.15) is 0 Å². The first-order valence-electron chi connectivity index (χ1n) is 11.0. The van der Waals surface area contributed by atoms with Crippen molar-refractivity contribution in [1.82, 2.24) is 15.1 Å². The molecular formula is C23H33N3O2. The molecule has 0 spiro atoms. The first-order chi connectivity index (χ1) is 13.7. The van der Waals surface area contributed by atoms with Gasteiger partial charge in [0, 0.05) is 44.7 Å². The highest BCUT2D eigenvalue weighted by Crippen LogP contribution is 2.27. The number of nitrogens with zero attached hydrogens (tertiary/aromatic N) is 2. The Hall–Kier alpha value is -1.88. The number of nitrogens with one attached hydrogen (secondary N) is 1. The van der Waals surface area contributed by atoms with Crippen molar-refractivity contribution in [3.05, 3.63) is 35.9 Å². The first-order valence-corrected chi connectivity index (χ1v) is 11.0. The predicted molar refractivity (Wildman–Crippen MR) is 110 cm³/mol. The molecule has 152 valence electrons. The molecule has 0 unspecified atom stereocenters. The molecule has 2 aliphatic heterocycles. The maximum absolute atomic E-state index is 12.6. The average Bonchev–Trinajstić information content (AvgIpc) is 3.12. The van der Waals surface area contributed by atoms with Gasteiger partial charge in [0.15, 0.2) is 0 Å². The number of rotatable bonds is 5. The molecule has 2 heterocycles. The molecule has 0 radical (unpaired) electrons. The maximum atomic E-state index is 12.6. The molecule has 3 fully saturated rings. The van der Waals surface area contributed by atoms with Gasteiger partial charge in [-0.1, -0.05) is 49.6 Å². The first kappa shape index (κ1) is 19.4. The van der Waals surface area contributed by atoms with Crippen molar-refractivity contribution in [1.29, 1.82) is 0 Å². The second-order valence-electron chi connectivity index (χ2n) is 8.78. The monoisotopic (exact) mass is 383 g/mol. The minimum absolute atomic E-state index is 0.101. The summed E-state index contributed by atoms with van der Waals surface area (Å²) in [5, 5.41) is 3.21. The van der Waals surface area contributed by atoms with Crippen LogP contribution in [0.1, 0.15) is 56.9 Å². The van der Waals surface area contributed by atoms with Crippen LogP contribution >= 0.6 is 0 Å². The van der Waals surface area contributed by atoms with Crippen LogP contribution in [-0.4, -0.2) is 53.3 Å². The molecule has 1 N–H and O–H groups in total. The van der Waals surface area contributed by atoms with Gasteiger partial charge in [-0.25, -0.2) is 0 Å². The summed E-state index contributed by atoms with van der Waals surface area (Å²) in [6.45, 7) is 3.62. The topological polar surface area (TPSA) is 52.7 Å². The van der Waals surface area contributed by atoms with Gasteiger partial charge in [-0.05, 0) is 31.2 Å². The molecule has 1 saturated carbocycles. The van der Waals surface area contributed by atoms with Gasteiger partial charge in [0.2, 0.25) is 11.8 Å². The number of piperidine rings is 1. The van der Waals surface area contributed by atoms with E-state index in [1.54, 1.807) is 0 Å².